The Hall–Kier alpha value is -2.10. The maximum absolute atomic E-state index is 6.29. The largest absolute Gasteiger partial charge is 0.320 e. The number of hydrogen-bond acceptors (Lipinski definition) is 2. The number of likely N-dealkylation sites (N-methyl/N-ethyl adjacent to an activating group) is 1. The monoisotopic (exact) mass is 351 g/mol. The fraction of sp³-hybridized carbons (Fsp3) is 0.286. The molecule has 3 heterocycles. The Morgan fingerprint density at radius 2 is 2.04 bits per heavy atom. The Morgan fingerprint density at radius 3 is 2.80 bits per heavy atom. The molecule has 0 atom stereocenters. The van der Waals surface area contributed by atoms with E-state index < -0.39 is 0 Å². The van der Waals surface area contributed by atoms with Gasteiger partial charge in [-0.3, -0.25) is 4.98 Å². The van der Waals surface area contributed by atoms with E-state index in [1.807, 2.05) is 18.5 Å². The molecule has 0 aliphatic carbocycles. The van der Waals surface area contributed by atoms with Crippen molar-refractivity contribution in [2.24, 2.45) is 0 Å². The minimum atomic E-state index is 0.800. The summed E-state index contributed by atoms with van der Waals surface area (Å²) in [5.41, 5.74) is 6.61. The van der Waals surface area contributed by atoms with Gasteiger partial charge in [0.2, 0.25) is 0 Å². The van der Waals surface area contributed by atoms with E-state index in [0.29, 0.717) is 0 Å². The highest BCUT2D eigenvalue weighted by atomic mass is 35.5. The zero-order valence-corrected chi connectivity index (χ0v) is 15.4. The molecular formula is C21H22ClN3. The molecule has 0 saturated heterocycles. The molecule has 4 rings (SSSR count). The summed E-state index contributed by atoms with van der Waals surface area (Å²) in [5, 5.41) is 2.07. The molecule has 0 unspecified atom stereocenters. The second kappa shape index (κ2) is 6.66. The van der Waals surface area contributed by atoms with Crippen molar-refractivity contribution in [1.82, 2.24) is 14.5 Å². The van der Waals surface area contributed by atoms with E-state index in [9.17, 15) is 0 Å². The average Bonchev–Trinajstić information content (AvgIpc) is 2.92. The zero-order chi connectivity index (χ0) is 17.4. The second-order valence-corrected chi connectivity index (χ2v) is 7.12. The van der Waals surface area contributed by atoms with Gasteiger partial charge in [-0.25, -0.2) is 0 Å². The minimum absolute atomic E-state index is 0.800. The molecular weight excluding hydrogens is 330 g/mol. The van der Waals surface area contributed by atoms with Crippen molar-refractivity contribution in [1.29, 1.82) is 0 Å². The number of fused-ring (bicyclic) bond motifs is 3. The first-order chi connectivity index (χ1) is 12.2. The third-order valence-electron chi connectivity index (χ3n) is 5.06. The molecule has 2 aromatic heterocycles. The highest BCUT2D eigenvalue weighted by Gasteiger charge is 2.22. The molecule has 3 nitrogen and oxygen atoms in total. The number of nitrogens with zero attached hydrogens (tertiary/aromatic N) is 3. The summed E-state index contributed by atoms with van der Waals surface area (Å²) in [6, 6.07) is 10.4. The van der Waals surface area contributed by atoms with E-state index in [1.165, 1.54) is 33.3 Å². The van der Waals surface area contributed by atoms with Gasteiger partial charge in [0.05, 0.1) is 5.52 Å². The molecule has 0 fully saturated rings. The van der Waals surface area contributed by atoms with E-state index in [2.05, 4.69) is 58.9 Å². The summed E-state index contributed by atoms with van der Waals surface area (Å²) in [7, 11) is 2.18. The van der Waals surface area contributed by atoms with Crippen molar-refractivity contribution in [3.63, 3.8) is 0 Å². The fourth-order valence-electron chi connectivity index (χ4n) is 3.74. The Kier molecular flexibility index (Phi) is 4.36. The van der Waals surface area contributed by atoms with Gasteiger partial charge < -0.3 is 9.47 Å². The van der Waals surface area contributed by atoms with Crippen molar-refractivity contribution >= 4 is 34.3 Å². The van der Waals surface area contributed by atoms with E-state index in [1.54, 1.807) is 0 Å². The number of halogens is 1. The van der Waals surface area contributed by atoms with Crippen molar-refractivity contribution < 1.29 is 0 Å². The van der Waals surface area contributed by atoms with Crippen LogP contribution in [0.5, 0.6) is 0 Å². The molecule has 25 heavy (non-hydrogen) atoms. The van der Waals surface area contributed by atoms with Crippen LogP contribution in [0.2, 0.25) is 5.02 Å². The van der Waals surface area contributed by atoms with Crippen LogP contribution in [-0.2, 0) is 13.0 Å². The molecule has 0 N–H and O–H groups in total. The van der Waals surface area contributed by atoms with Crippen LogP contribution < -0.4 is 0 Å². The number of rotatable bonds is 3. The van der Waals surface area contributed by atoms with Gasteiger partial charge in [0.1, 0.15) is 0 Å². The number of allylic oxidation sites excluding steroid dienone is 1. The molecule has 3 aromatic rings. The van der Waals surface area contributed by atoms with E-state index in [4.69, 9.17) is 11.6 Å². The van der Waals surface area contributed by atoms with Crippen LogP contribution in [0, 0.1) is 0 Å². The first kappa shape index (κ1) is 16.4. The van der Waals surface area contributed by atoms with E-state index >= 15 is 0 Å². The number of hydrogen-bond donors (Lipinski definition) is 0. The van der Waals surface area contributed by atoms with Gasteiger partial charge in [-0.2, -0.15) is 0 Å². The maximum Gasteiger partial charge on any atom is 0.0529 e. The van der Waals surface area contributed by atoms with Gasteiger partial charge in [-0.15, -0.1) is 0 Å². The number of benzene rings is 1. The standard InChI is InChI=1S/C21H22ClN3/c1-3-15(16-6-9-23-10-7-16)13-25-20-5-4-17(22)12-18(20)19-14-24(2)11-8-21(19)25/h4-7,9-10,12-13H,3,8,11,14H2,1-2H3/b15-13-. The van der Waals surface area contributed by atoms with Crippen LogP contribution in [0.1, 0.15) is 30.2 Å². The summed E-state index contributed by atoms with van der Waals surface area (Å²) in [4.78, 5) is 6.52. The molecule has 0 amide bonds. The topological polar surface area (TPSA) is 21.1 Å². The SMILES string of the molecule is CC/C(=C/n1c2c(c3cc(Cl)ccc31)CN(C)CC2)c1ccncc1. The molecule has 1 aliphatic heterocycles. The first-order valence-electron chi connectivity index (χ1n) is 8.78. The average molecular weight is 352 g/mol. The van der Waals surface area contributed by atoms with Crippen molar-refractivity contribution in [2.75, 3.05) is 13.6 Å². The Labute approximate surface area is 153 Å². The zero-order valence-electron chi connectivity index (χ0n) is 14.7. The molecule has 1 aromatic carbocycles. The van der Waals surface area contributed by atoms with Gasteiger partial charge in [-0.05, 0) is 60.5 Å². The second-order valence-electron chi connectivity index (χ2n) is 6.69. The predicted molar refractivity (Wildman–Crippen MR) is 106 cm³/mol. The molecule has 0 radical (unpaired) electrons. The summed E-state index contributed by atoms with van der Waals surface area (Å²) >= 11 is 6.29. The van der Waals surface area contributed by atoms with Gasteiger partial charge in [-0.1, -0.05) is 18.5 Å². The molecule has 128 valence electrons. The lowest BCUT2D eigenvalue weighted by Gasteiger charge is -2.23. The lowest BCUT2D eigenvalue weighted by molar-refractivity contribution is 0.312. The number of pyridine rings is 1. The highest BCUT2D eigenvalue weighted by molar-refractivity contribution is 6.31. The molecule has 0 spiro atoms. The van der Waals surface area contributed by atoms with Crippen molar-refractivity contribution in [3.8, 4) is 0 Å². The third kappa shape index (κ3) is 2.99. The summed E-state index contributed by atoms with van der Waals surface area (Å²) in [5.74, 6) is 0. The van der Waals surface area contributed by atoms with E-state index in [0.717, 1.165) is 31.0 Å². The summed E-state index contributed by atoms with van der Waals surface area (Å²) in [6.45, 7) is 4.26. The Bertz CT molecular complexity index is 941. The van der Waals surface area contributed by atoms with E-state index in [-0.39, 0.29) is 0 Å². The normalized spacial score (nSPS) is 15.6. The minimum Gasteiger partial charge on any atom is -0.320 e. The third-order valence-corrected chi connectivity index (χ3v) is 5.29. The highest BCUT2D eigenvalue weighted by Crippen LogP contribution is 2.34. The molecule has 0 saturated carbocycles. The number of aromatic nitrogens is 2. The van der Waals surface area contributed by atoms with Crippen molar-refractivity contribution in [2.45, 2.75) is 26.3 Å². The Balaban J connectivity index is 1.94. The van der Waals surface area contributed by atoms with Gasteiger partial charge in [0, 0.05) is 54.2 Å². The molecule has 4 heteroatoms. The summed E-state index contributed by atoms with van der Waals surface area (Å²) in [6.07, 6.45) is 8.05. The van der Waals surface area contributed by atoms with Crippen LogP contribution in [-0.4, -0.2) is 28.0 Å². The van der Waals surface area contributed by atoms with Gasteiger partial charge in [0.15, 0.2) is 0 Å². The maximum atomic E-state index is 6.29. The van der Waals surface area contributed by atoms with Crippen LogP contribution in [0.15, 0.2) is 42.7 Å². The van der Waals surface area contributed by atoms with Crippen LogP contribution >= 0.6 is 11.6 Å². The lowest BCUT2D eigenvalue weighted by atomic mass is 10.0. The predicted octanol–water partition coefficient (Wildman–Crippen LogP) is 5.09. The van der Waals surface area contributed by atoms with Crippen LogP contribution in [0.25, 0.3) is 22.7 Å². The first-order valence-corrected chi connectivity index (χ1v) is 9.16. The van der Waals surface area contributed by atoms with Crippen LogP contribution in [0.3, 0.4) is 0 Å². The summed E-state index contributed by atoms with van der Waals surface area (Å²) < 4.78 is 2.38. The smallest absolute Gasteiger partial charge is 0.0529 e. The van der Waals surface area contributed by atoms with Crippen LogP contribution in [0.4, 0.5) is 0 Å². The lowest BCUT2D eigenvalue weighted by Crippen LogP contribution is -2.26. The molecule has 0 bridgehead atoms. The molecule has 1 aliphatic rings. The van der Waals surface area contributed by atoms with Gasteiger partial charge in [0.25, 0.3) is 0 Å². The van der Waals surface area contributed by atoms with Gasteiger partial charge >= 0.3 is 0 Å². The van der Waals surface area contributed by atoms with Crippen molar-refractivity contribution in [3.05, 3.63) is 64.6 Å². The quantitative estimate of drug-likeness (QED) is 0.655. The Morgan fingerprint density at radius 1 is 1.24 bits per heavy atom. The fourth-order valence-corrected chi connectivity index (χ4v) is 3.91.